The topological polar surface area (TPSA) is 17.1 Å². The number of hydrogen-bond donors (Lipinski definition) is 0. The van der Waals surface area contributed by atoms with E-state index >= 15 is 0 Å². The lowest BCUT2D eigenvalue weighted by atomic mass is 9.76. The minimum absolute atomic E-state index is 0.300. The third-order valence-electron chi connectivity index (χ3n) is 4.72. The van der Waals surface area contributed by atoms with Crippen LogP contribution in [0.1, 0.15) is 54.9 Å². The standard InChI is InChI=1S/C18H26O/c1-12-9-14(3)17(15(4)10-12)11-18(19)16-8-6-5-7-13(16)2/h9-10,13,16H,5-8,11H2,1-4H3. The lowest BCUT2D eigenvalue weighted by Crippen LogP contribution is -2.27. The molecule has 1 heteroatoms. The summed E-state index contributed by atoms with van der Waals surface area (Å²) in [7, 11) is 0. The van der Waals surface area contributed by atoms with Gasteiger partial charge in [-0.3, -0.25) is 4.79 Å². The Labute approximate surface area is 117 Å². The molecule has 0 radical (unpaired) electrons. The van der Waals surface area contributed by atoms with Crippen LogP contribution in [-0.2, 0) is 11.2 Å². The maximum Gasteiger partial charge on any atom is 0.140 e. The van der Waals surface area contributed by atoms with Crippen molar-refractivity contribution in [2.24, 2.45) is 11.8 Å². The third kappa shape index (κ3) is 3.26. The first kappa shape index (κ1) is 14.3. The van der Waals surface area contributed by atoms with Gasteiger partial charge in [-0.05, 0) is 49.8 Å². The van der Waals surface area contributed by atoms with Crippen LogP contribution in [0.2, 0.25) is 0 Å². The van der Waals surface area contributed by atoms with Gasteiger partial charge in [-0.2, -0.15) is 0 Å². The SMILES string of the molecule is Cc1cc(C)c(CC(=O)C2CCCCC2C)c(C)c1. The zero-order valence-corrected chi connectivity index (χ0v) is 12.8. The van der Waals surface area contributed by atoms with E-state index in [0.29, 0.717) is 24.0 Å². The van der Waals surface area contributed by atoms with Crippen molar-refractivity contribution in [3.05, 3.63) is 34.4 Å². The van der Waals surface area contributed by atoms with Gasteiger partial charge in [0, 0.05) is 12.3 Å². The number of benzene rings is 1. The molecule has 0 bridgehead atoms. The van der Waals surface area contributed by atoms with Crippen LogP contribution in [0.15, 0.2) is 12.1 Å². The molecule has 2 atom stereocenters. The highest BCUT2D eigenvalue weighted by Crippen LogP contribution is 2.31. The molecule has 0 heterocycles. The Morgan fingerprint density at radius 3 is 2.26 bits per heavy atom. The molecule has 104 valence electrons. The summed E-state index contributed by atoms with van der Waals surface area (Å²) >= 11 is 0. The smallest absolute Gasteiger partial charge is 0.140 e. The molecule has 2 rings (SSSR count). The highest BCUT2D eigenvalue weighted by Gasteiger charge is 2.27. The van der Waals surface area contributed by atoms with Crippen LogP contribution in [0.25, 0.3) is 0 Å². The Hall–Kier alpha value is -1.11. The fourth-order valence-corrected chi connectivity index (χ4v) is 3.59. The molecule has 1 fully saturated rings. The lowest BCUT2D eigenvalue weighted by molar-refractivity contribution is -0.124. The molecule has 1 aromatic carbocycles. The van der Waals surface area contributed by atoms with Crippen molar-refractivity contribution >= 4 is 5.78 Å². The van der Waals surface area contributed by atoms with E-state index in [1.54, 1.807) is 0 Å². The first-order valence-electron chi connectivity index (χ1n) is 7.58. The molecular formula is C18H26O. The van der Waals surface area contributed by atoms with E-state index < -0.39 is 0 Å². The van der Waals surface area contributed by atoms with Crippen molar-refractivity contribution in [2.75, 3.05) is 0 Å². The van der Waals surface area contributed by atoms with Crippen LogP contribution in [0.5, 0.6) is 0 Å². The maximum atomic E-state index is 12.6. The maximum absolute atomic E-state index is 12.6. The first-order valence-corrected chi connectivity index (χ1v) is 7.58. The number of ketones is 1. The summed E-state index contributed by atoms with van der Waals surface area (Å²) in [5, 5.41) is 0. The monoisotopic (exact) mass is 258 g/mol. The van der Waals surface area contributed by atoms with Gasteiger partial charge in [0.25, 0.3) is 0 Å². The molecule has 0 spiro atoms. The van der Waals surface area contributed by atoms with Crippen molar-refractivity contribution in [2.45, 2.75) is 59.8 Å². The van der Waals surface area contributed by atoms with Gasteiger partial charge in [0.05, 0.1) is 0 Å². The molecule has 1 saturated carbocycles. The second kappa shape index (κ2) is 5.90. The van der Waals surface area contributed by atoms with E-state index in [4.69, 9.17) is 0 Å². The molecule has 19 heavy (non-hydrogen) atoms. The van der Waals surface area contributed by atoms with Gasteiger partial charge in [-0.25, -0.2) is 0 Å². The number of hydrogen-bond acceptors (Lipinski definition) is 1. The van der Waals surface area contributed by atoms with Gasteiger partial charge in [0.2, 0.25) is 0 Å². The van der Waals surface area contributed by atoms with Gasteiger partial charge in [-0.1, -0.05) is 43.9 Å². The Kier molecular flexibility index (Phi) is 4.44. The lowest BCUT2D eigenvalue weighted by Gasteiger charge is -2.28. The number of carbonyl (C=O) groups excluding carboxylic acids is 1. The highest BCUT2D eigenvalue weighted by molar-refractivity contribution is 5.84. The fourth-order valence-electron chi connectivity index (χ4n) is 3.59. The second-order valence-electron chi connectivity index (χ2n) is 6.39. The Morgan fingerprint density at radius 2 is 1.68 bits per heavy atom. The summed E-state index contributed by atoms with van der Waals surface area (Å²) in [6.07, 6.45) is 5.49. The molecule has 0 aliphatic heterocycles. The van der Waals surface area contributed by atoms with Crippen LogP contribution in [0.4, 0.5) is 0 Å². The Morgan fingerprint density at radius 1 is 1.11 bits per heavy atom. The summed E-state index contributed by atoms with van der Waals surface area (Å²) in [5.74, 6) is 1.34. The number of aryl methyl sites for hydroxylation is 3. The summed E-state index contributed by atoms with van der Waals surface area (Å²) in [6, 6.07) is 4.39. The highest BCUT2D eigenvalue weighted by atomic mass is 16.1. The molecule has 1 aromatic rings. The van der Waals surface area contributed by atoms with E-state index in [9.17, 15) is 4.79 Å². The summed E-state index contributed by atoms with van der Waals surface area (Å²) < 4.78 is 0. The minimum atomic E-state index is 0.300. The molecule has 1 nitrogen and oxygen atoms in total. The molecule has 2 unspecified atom stereocenters. The van der Waals surface area contributed by atoms with Gasteiger partial charge < -0.3 is 0 Å². The summed E-state index contributed by atoms with van der Waals surface area (Å²) in [6.45, 7) is 8.63. The zero-order valence-electron chi connectivity index (χ0n) is 12.8. The van der Waals surface area contributed by atoms with Crippen LogP contribution in [0.3, 0.4) is 0 Å². The van der Waals surface area contributed by atoms with Crippen molar-refractivity contribution in [3.8, 4) is 0 Å². The minimum Gasteiger partial charge on any atom is -0.299 e. The fraction of sp³-hybridized carbons (Fsp3) is 0.611. The molecular weight excluding hydrogens is 232 g/mol. The second-order valence-corrected chi connectivity index (χ2v) is 6.39. The molecule has 0 aromatic heterocycles. The van der Waals surface area contributed by atoms with E-state index in [2.05, 4.69) is 39.8 Å². The van der Waals surface area contributed by atoms with Crippen molar-refractivity contribution < 1.29 is 4.79 Å². The summed E-state index contributed by atoms with van der Waals surface area (Å²) in [5.41, 5.74) is 5.09. The van der Waals surface area contributed by atoms with Gasteiger partial charge >= 0.3 is 0 Å². The van der Waals surface area contributed by atoms with Gasteiger partial charge in [0.1, 0.15) is 5.78 Å². The number of Topliss-reactive ketones (excluding diaryl/α,β-unsaturated/α-hetero) is 1. The Bertz CT molecular complexity index is 450. The third-order valence-corrected chi connectivity index (χ3v) is 4.72. The average molecular weight is 258 g/mol. The number of rotatable bonds is 3. The molecule has 1 aliphatic carbocycles. The molecule has 0 saturated heterocycles. The summed E-state index contributed by atoms with van der Waals surface area (Å²) in [4.78, 5) is 12.6. The largest absolute Gasteiger partial charge is 0.299 e. The van der Waals surface area contributed by atoms with Crippen molar-refractivity contribution in [3.63, 3.8) is 0 Å². The van der Waals surface area contributed by atoms with Crippen LogP contribution in [-0.4, -0.2) is 5.78 Å². The van der Waals surface area contributed by atoms with Crippen LogP contribution < -0.4 is 0 Å². The predicted octanol–water partition coefficient (Wildman–Crippen LogP) is 4.55. The number of carbonyl (C=O) groups is 1. The molecule has 0 amide bonds. The van der Waals surface area contributed by atoms with E-state index in [1.165, 1.54) is 41.5 Å². The van der Waals surface area contributed by atoms with Crippen molar-refractivity contribution in [1.82, 2.24) is 0 Å². The van der Waals surface area contributed by atoms with E-state index in [-0.39, 0.29) is 0 Å². The van der Waals surface area contributed by atoms with Gasteiger partial charge in [0.15, 0.2) is 0 Å². The van der Waals surface area contributed by atoms with Crippen molar-refractivity contribution in [1.29, 1.82) is 0 Å². The van der Waals surface area contributed by atoms with Gasteiger partial charge in [-0.15, -0.1) is 0 Å². The van der Waals surface area contributed by atoms with Crippen LogP contribution in [0, 0.1) is 32.6 Å². The van der Waals surface area contributed by atoms with E-state index in [1.807, 2.05) is 0 Å². The predicted molar refractivity (Wildman–Crippen MR) is 80.5 cm³/mol. The zero-order chi connectivity index (χ0) is 14.0. The molecule has 1 aliphatic rings. The normalized spacial score (nSPS) is 23.4. The van der Waals surface area contributed by atoms with Crippen LogP contribution >= 0.6 is 0 Å². The first-order chi connectivity index (χ1) is 8.99. The Balaban J connectivity index is 2.14. The molecule has 0 N–H and O–H groups in total. The van der Waals surface area contributed by atoms with E-state index in [0.717, 1.165) is 6.42 Å². The quantitative estimate of drug-likeness (QED) is 0.777. The average Bonchev–Trinajstić information content (AvgIpc) is 2.34.